The second kappa shape index (κ2) is 8.62. The highest BCUT2D eigenvalue weighted by Crippen LogP contribution is 2.37. The Balaban J connectivity index is 1.56. The number of unbranched alkanes of at least 4 members (excludes halogenated alkanes) is 1. The molecule has 0 unspecified atom stereocenters. The Bertz CT molecular complexity index is 637. The number of pyridine rings is 1. The second-order valence-electron chi connectivity index (χ2n) is 6.92. The summed E-state index contributed by atoms with van der Waals surface area (Å²) >= 11 is 3.48. The summed E-state index contributed by atoms with van der Waals surface area (Å²) in [6.07, 6.45) is 13.4. The van der Waals surface area contributed by atoms with Crippen LogP contribution >= 0.6 is 15.9 Å². The van der Waals surface area contributed by atoms with Gasteiger partial charge in [0.15, 0.2) is 0 Å². The minimum Gasteiger partial charge on any atom is -0.256 e. The fraction of sp³-hybridized carbons (Fsp3) is 0.409. The van der Waals surface area contributed by atoms with Crippen molar-refractivity contribution in [2.75, 3.05) is 0 Å². The Morgan fingerprint density at radius 3 is 2.42 bits per heavy atom. The van der Waals surface area contributed by atoms with Gasteiger partial charge in [0.1, 0.15) is 0 Å². The molecule has 24 heavy (non-hydrogen) atoms. The van der Waals surface area contributed by atoms with Crippen LogP contribution in [-0.2, 0) is 0 Å². The lowest BCUT2D eigenvalue weighted by molar-refractivity contribution is 0.305. The standard InChI is InChI=1S/C22H26BrN/c1-2-3-4-5-17-6-8-18(9-7-17)20-12-15-22(24-16-20)19-10-13-21(23)14-11-19/h2,10-18H,1,3-9H2. The van der Waals surface area contributed by atoms with Gasteiger partial charge in [0.25, 0.3) is 0 Å². The van der Waals surface area contributed by atoms with E-state index in [0.717, 1.165) is 16.1 Å². The van der Waals surface area contributed by atoms with Crippen molar-refractivity contribution in [2.45, 2.75) is 50.9 Å². The summed E-state index contributed by atoms with van der Waals surface area (Å²) in [6, 6.07) is 12.8. The maximum absolute atomic E-state index is 4.71. The van der Waals surface area contributed by atoms with E-state index in [-0.39, 0.29) is 0 Å². The molecule has 0 radical (unpaired) electrons. The van der Waals surface area contributed by atoms with Gasteiger partial charge in [-0.05, 0) is 74.1 Å². The van der Waals surface area contributed by atoms with Gasteiger partial charge in [0.2, 0.25) is 0 Å². The highest BCUT2D eigenvalue weighted by molar-refractivity contribution is 9.10. The summed E-state index contributed by atoms with van der Waals surface area (Å²) in [5.74, 6) is 1.63. The number of benzene rings is 1. The molecule has 0 spiro atoms. The lowest BCUT2D eigenvalue weighted by atomic mass is 9.77. The topological polar surface area (TPSA) is 12.9 Å². The fourth-order valence-corrected chi connectivity index (χ4v) is 4.04. The molecule has 1 aromatic heterocycles. The van der Waals surface area contributed by atoms with Gasteiger partial charge in [-0.2, -0.15) is 0 Å². The monoisotopic (exact) mass is 383 g/mol. The van der Waals surface area contributed by atoms with Gasteiger partial charge in [-0.15, -0.1) is 6.58 Å². The number of aromatic nitrogens is 1. The fourth-order valence-electron chi connectivity index (χ4n) is 3.77. The van der Waals surface area contributed by atoms with Crippen LogP contribution in [0.4, 0.5) is 0 Å². The van der Waals surface area contributed by atoms with Crippen LogP contribution in [-0.4, -0.2) is 4.98 Å². The summed E-state index contributed by atoms with van der Waals surface area (Å²) in [4.78, 5) is 4.71. The number of hydrogen-bond donors (Lipinski definition) is 0. The number of allylic oxidation sites excluding steroid dienone is 1. The molecule has 0 atom stereocenters. The van der Waals surface area contributed by atoms with Crippen molar-refractivity contribution >= 4 is 15.9 Å². The number of nitrogens with zero attached hydrogens (tertiary/aromatic N) is 1. The molecule has 2 heteroatoms. The molecular weight excluding hydrogens is 358 g/mol. The molecule has 3 rings (SSSR count). The molecular formula is C22H26BrN. The van der Waals surface area contributed by atoms with Crippen molar-refractivity contribution in [3.63, 3.8) is 0 Å². The highest BCUT2D eigenvalue weighted by atomic mass is 79.9. The van der Waals surface area contributed by atoms with Crippen LogP contribution in [0.15, 0.2) is 59.7 Å². The van der Waals surface area contributed by atoms with Gasteiger partial charge in [-0.25, -0.2) is 0 Å². The van der Waals surface area contributed by atoms with Gasteiger partial charge >= 0.3 is 0 Å². The highest BCUT2D eigenvalue weighted by Gasteiger charge is 2.22. The van der Waals surface area contributed by atoms with Gasteiger partial charge in [-0.3, -0.25) is 4.98 Å². The van der Waals surface area contributed by atoms with Crippen molar-refractivity contribution in [3.8, 4) is 11.3 Å². The van der Waals surface area contributed by atoms with E-state index in [1.165, 1.54) is 56.1 Å². The average molecular weight is 384 g/mol. The van der Waals surface area contributed by atoms with Gasteiger partial charge < -0.3 is 0 Å². The smallest absolute Gasteiger partial charge is 0.0702 e. The van der Waals surface area contributed by atoms with Crippen molar-refractivity contribution in [3.05, 3.63) is 65.3 Å². The predicted molar refractivity (Wildman–Crippen MR) is 106 cm³/mol. The first-order valence-corrected chi connectivity index (χ1v) is 9.88. The maximum atomic E-state index is 4.71. The molecule has 0 N–H and O–H groups in total. The van der Waals surface area contributed by atoms with Crippen molar-refractivity contribution in [1.82, 2.24) is 4.98 Å². The lowest BCUT2D eigenvalue weighted by Gasteiger charge is -2.28. The van der Waals surface area contributed by atoms with E-state index < -0.39 is 0 Å². The lowest BCUT2D eigenvalue weighted by Crippen LogP contribution is -2.13. The molecule has 2 aromatic rings. The summed E-state index contributed by atoms with van der Waals surface area (Å²) in [6.45, 7) is 3.82. The molecule has 0 aliphatic heterocycles. The van der Waals surface area contributed by atoms with E-state index in [4.69, 9.17) is 4.98 Å². The zero-order valence-corrected chi connectivity index (χ0v) is 15.8. The first-order valence-electron chi connectivity index (χ1n) is 9.09. The molecule has 0 bridgehead atoms. The normalized spacial score (nSPS) is 20.7. The first kappa shape index (κ1) is 17.4. The number of hydrogen-bond acceptors (Lipinski definition) is 1. The minimum absolute atomic E-state index is 0.701. The van der Waals surface area contributed by atoms with Crippen molar-refractivity contribution in [1.29, 1.82) is 0 Å². The molecule has 126 valence electrons. The second-order valence-corrected chi connectivity index (χ2v) is 7.84. The molecule has 0 saturated heterocycles. The number of rotatable bonds is 6. The third-order valence-corrected chi connectivity index (χ3v) is 5.79. The zero-order valence-electron chi connectivity index (χ0n) is 14.3. The Kier molecular flexibility index (Phi) is 6.25. The van der Waals surface area contributed by atoms with Gasteiger partial charge in [0, 0.05) is 16.2 Å². The molecule has 1 aliphatic rings. The first-order chi connectivity index (χ1) is 11.8. The van der Waals surface area contributed by atoms with Crippen LogP contribution in [0.1, 0.15) is 56.4 Å². The van der Waals surface area contributed by atoms with E-state index in [9.17, 15) is 0 Å². The number of halogens is 1. The van der Waals surface area contributed by atoms with Crippen LogP contribution in [0.2, 0.25) is 0 Å². The Morgan fingerprint density at radius 1 is 1.04 bits per heavy atom. The van der Waals surface area contributed by atoms with E-state index in [0.29, 0.717) is 5.92 Å². The SMILES string of the molecule is C=CCCCC1CCC(c2ccc(-c3ccc(Br)cc3)nc2)CC1. The summed E-state index contributed by atoms with van der Waals surface area (Å²) in [5.41, 5.74) is 3.65. The summed E-state index contributed by atoms with van der Waals surface area (Å²) in [5, 5.41) is 0. The molecule has 1 aromatic carbocycles. The zero-order chi connectivity index (χ0) is 16.8. The average Bonchev–Trinajstić information content (AvgIpc) is 2.63. The van der Waals surface area contributed by atoms with Crippen LogP contribution in [0.5, 0.6) is 0 Å². The minimum atomic E-state index is 0.701. The van der Waals surface area contributed by atoms with Crippen LogP contribution in [0.3, 0.4) is 0 Å². The van der Waals surface area contributed by atoms with E-state index >= 15 is 0 Å². The quantitative estimate of drug-likeness (QED) is 0.381. The maximum Gasteiger partial charge on any atom is 0.0702 e. The molecule has 0 amide bonds. The Labute approximate surface area is 154 Å². The van der Waals surface area contributed by atoms with Crippen LogP contribution in [0.25, 0.3) is 11.3 Å². The summed E-state index contributed by atoms with van der Waals surface area (Å²) < 4.78 is 1.10. The Hall–Kier alpha value is -1.41. The van der Waals surface area contributed by atoms with E-state index in [1.54, 1.807) is 0 Å². The molecule has 1 saturated carbocycles. The van der Waals surface area contributed by atoms with E-state index in [2.05, 4.69) is 65.1 Å². The third-order valence-electron chi connectivity index (χ3n) is 5.27. The molecule has 1 aliphatic carbocycles. The summed E-state index contributed by atoms with van der Waals surface area (Å²) in [7, 11) is 0. The van der Waals surface area contributed by atoms with Gasteiger partial charge in [0.05, 0.1) is 5.69 Å². The van der Waals surface area contributed by atoms with Gasteiger partial charge in [-0.1, -0.05) is 46.6 Å². The van der Waals surface area contributed by atoms with Crippen LogP contribution in [0, 0.1) is 5.92 Å². The molecule has 1 nitrogen and oxygen atoms in total. The Morgan fingerprint density at radius 2 is 1.79 bits per heavy atom. The molecule has 1 heterocycles. The van der Waals surface area contributed by atoms with Crippen molar-refractivity contribution in [2.24, 2.45) is 5.92 Å². The van der Waals surface area contributed by atoms with Crippen LogP contribution < -0.4 is 0 Å². The van der Waals surface area contributed by atoms with Crippen molar-refractivity contribution < 1.29 is 0 Å². The third kappa shape index (κ3) is 4.57. The predicted octanol–water partition coefficient (Wildman–Crippen LogP) is 7.14. The largest absolute Gasteiger partial charge is 0.256 e. The molecule has 1 fully saturated rings. The van der Waals surface area contributed by atoms with E-state index in [1.807, 2.05) is 6.08 Å².